The van der Waals surface area contributed by atoms with Gasteiger partial charge in [-0.3, -0.25) is 4.79 Å². The summed E-state index contributed by atoms with van der Waals surface area (Å²) < 4.78 is 5.34. The lowest BCUT2D eigenvalue weighted by Gasteiger charge is -2.27. The van der Waals surface area contributed by atoms with Gasteiger partial charge in [-0.25, -0.2) is 9.78 Å². The fourth-order valence-electron chi connectivity index (χ4n) is 2.78. The van der Waals surface area contributed by atoms with Crippen molar-refractivity contribution in [1.82, 2.24) is 10.3 Å². The third-order valence-corrected chi connectivity index (χ3v) is 5.56. The predicted molar refractivity (Wildman–Crippen MR) is 103 cm³/mol. The number of alkyl carbamates (subject to hydrolysis) is 1. The van der Waals surface area contributed by atoms with E-state index in [1.165, 1.54) is 11.3 Å². The molecule has 3 N–H and O–H groups in total. The number of nitrogens with two attached hydrogens (primary N) is 1. The number of hydrogen-bond acceptors (Lipinski definition) is 6. The molecule has 1 amide bonds. The first-order valence-corrected chi connectivity index (χ1v) is 10.2. The summed E-state index contributed by atoms with van der Waals surface area (Å²) in [6, 6.07) is -0.459. The van der Waals surface area contributed by atoms with Crippen LogP contribution >= 0.6 is 11.3 Å². The van der Waals surface area contributed by atoms with Crippen molar-refractivity contribution in [3.63, 3.8) is 0 Å². The van der Waals surface area contributed by atoms with Crippen LogP contribution in [-0.4, -0.2) is 28.5 Å². The van der Waals surface area contributed by atoms with Crippen molar-refractivity contribution in [2.24, 2.45) is 17.6 Å². The summed E-state index contributed by atoms with van der Waals surface area (Å²) in [7, 11) is 0. The zero-order valence-electron chi connectivity index (χ0n) is 16.4. The third kappa shape index (κ3) is 5.77. The van der Waals surface area contributed by atoms with Gasteiger partial charge in [0.2, 0.25) is 0 Å². The highest BCUT2D eigenvalue weighted by atomic mass is 32.1. The minimum Gasteiger partial charge on any atom is -0.444 e. The summed E-state index contributed by atoms with van der Waals surface area (Å²) in [6.45, 7) is 9.56. The van der Waals surface area contributed by atoms with Crippen LogP contribution in [0.1, 0.15) is 81.8 Å². The minimum absolute atomic E-state index is 0.130. The Bertz CT molecular complexity index is 632. The van der Waals surface area contributed by atoms with Gasteiger partial charge in [0.1, 0.15) is 16.3 Å². The monoisotopic (exact) mass is 381 g/mol. The normalized spacial score (nSPS) is 17.5. The highest BCUT2D eigenvalue weighted by Gasteiger charge is 2.29. The molecule has 2 rings (SSSR count). The Hall–Kier alpha value is -1.47. The molecular weight excluding hydrogens is 350 g/mol. The SMILES string of the molecule is CC(C)C(CC(N)c1nc(C(=O)C2CCC2)cs1)NC(=O)OC(C)(C)C. The molecule has 1 aliphatic carbocycles. The van der Waals surface area contributed by atoms with Crippen molar-refractivity contribution in [2.45, 2.75) is 78.0 Å². The van der Waals surface area contributed by atoms with Gasteiger partial charge in [0.15, 0.2) is 5.78 Å². The first kappa shape index (κ1) is 20.8. The molecule has 1 aliphatic rings. The number of Topliss-reactive ketones (excluding diaryl/α,β-unsaturated/α-hetero) is 1. The highest BCUT2D eigenvalue weighted by Crippen LogP contribution is 2.31. The minimum atomic E-state index is -0.542. The first-order chi connectivity index (χ1) is 12.1. The van der Waals surface area contributed by atoms with Gasteiger partial charge in [-0.1, -0.05) is 20.3 Å². The smallest absolute Gasteiger partial charge is 0.407 e. The molecule has 1 aromatic rings. The van der Waals surface area contributed by atoms with Crippen molar-refractivity contribution < 1.29 is 14.3 Å². The number of nitrogens with zero attached hydrogens (tertiary/aromatic N) is 1. The Balaban J connectivity index is 1.96. The van der Waals surface area contributed by atoms with Gasteiger partial charge < -0.3 is 15.8 Å². The average Bonchev–Trinajstić information content (AvgIpc) is 2.92. The molecule has 6 nitrogen and oxygen atoms in total. The summed E-state index contributed by atoms with van der Waals surface area (Å²) >= 11 is 1.42. The summed E-state index contributed by atoms with van der Waals surface area (Å²) in [5.74, 6) is 0.473. The van der Waals surface area contributed by atoms with E-state index in [4.69, 9.17) is 10.5 Å². The molecule has 0 saturated heterocycles. The topological polar surface area (TPSA) is 94.3 Å². The second-order valence-electron chi connectivity index (χ2n) is 8.40. The summed E-state index contributed by atoms with van der Waals surface area (Å²) in [5.41, 5.74) is 6.31. The summed E-state index contributed by atoms with van der Waals surface area (Å²) in [4.78, 5) is 28.8. The summed E-state index contributed by atoms with van der Waals surface area (Å²) in [6.07, 6.45) is 3.16. The van der Waals surface area contributed by atoms with Gasteiger partial charge in [-0.15, -0.1) is 11.3 Å². The third-order valence-electron chi connectivity index (χ3n) is 4.58. The van der Waals surface area contributed by atoms with E-state index in [1.54, 1.807) is 0 Å². The zero-order valence-corrected chi connectivity index (χ0v) is 17.2. The molecule has 1 heterocycles. The standard InChI is InChI=1S/C19H31N3O3S/c1-11(2)14(22-18(24)25-19(3,4)5)9-13(20)17-21-15(10-26-17)16(23)12-7-6-8-12/h10-14H,6-9,20H2,1-5H3,(H,22,24). The number of ether oxygens (including phenoxy) is 1. The van der Waals surface area contributed by atoms with Gasteiger partial charge in [0.05, 0.1) is 6.04 Å². The van der Waals surface area contributed by atoms with E-state index in [-0.39, 0.29) is 29.7 Å². The van der Waals surface area contributed by atoms with Crippen molar-refractivity contribution in [3.8, 4) is 0 Å². The van der Waals surface area contributed by atoms with Gasteiger partial charge in [0, 0.05) is 17.3 Å². The van der Waals surface area contributed by atoms with E-state index >= 15 is 0 Å². The second-order valence-corrected chi connectivity index (χ2v) is 9.29. The number of nitrogens with one attached hydrogen (secondary N) is 1. The molecule has 0 aromatic carbocycles. The van der Waals surface area contributed by atoms with E-state index in [2.05, 4.69) is 10.3 Å². The van der Waals surface area contributed by atoms with Crippen molar-refractivity contribution in [1.29, 1.82) is 0 Å². The Morgan fingerprint density at radius 3 is 2.54 bits per heavy atom. The van der Waals surface area contributed by atoms with Crippen LogP contribution < -0.4 is 11.1 Å². The zero-order chi connectivity index (χ0) is 19.5. The van der Waals surface area contributed by atoms with Gasteiger partial charge in [-0.05, 0) is 46.0 Å². The lowest BCUT2D eigenvalue weighted by molar-refractivity contribution is 0.0485. The Kier molecular flexibility index (Phi) is 6.80. The highest BCUT2D eigenvalue weighted by molar-refractivity contribution is 7.09. The number of amides is 1. The van der Waals surface area contributed by atoms with E-state index in [0.29, 0.717) is 12.1 Å². The van der Waals surface area contributed by atoms with Crippen LogP contribution in [0.4, 0.5) is 4.79 Å². The number of hydrogen-bond donors (Lipinski definition) is 2. The molecule has 2 unspecified atom stereocenters. The van der Waals surface area contributed by atoms with Crippen LogP contribution in [0.2, 0.25) is 0 Å². The predicted octanol–water partition coefficient (Wildman–Crippen LogP) is 4.07. The number of ketones is 1. The Morgan fingerprint density at radius 1 is 1.38 bits per heavy atom. The Labute approximate surface area is 159 Å². The lowest BCUT2D eigenvalue weighted by atomic mass is 9.81. The van der Waals surface area contributed by atoms with Crippen molar-refractivity contribution >= 4 is 23.2 Å². The van der Waals surface area contributed by atoms with Crippen LogP contribution in [0, 0.1) is 11.8 Å². The van der Waals surface area contributed by atoms with Crippen LogP contribution in [-0.2, 0) is 4.74 Å². The summed E-state index contributed by atoms with van der Waals surface area (Å²) in [5, 5.41) is 5.46. The number of carbonyl (C=O) groups is 2. The molecule has 2 atom stereocenters. The van der Waals surface area contributed by atoms with E-state index in [9.17, 15) is 9.59 Å². The molecule has 0 aliphatic heterocycles. The van der Waals surface area contributed by atoms with Gasteiger partial charge >= 0.3 is 6.09 Å². The molecule has 0 spiro atoms. The van der Waals surface area contributed by atoms with E-state index < -0.39 is 11.7 Å². The molecule has 0 bridgehead atoms. The van der Waals surface area contributed by atoms with E-state index in [0.717, 1.165) is 24.3 Å². The van der Waals surface area contributed by atoms with Crippen LogP contribution in [0.3, 0.4) is 0 Å². The second kappa shape index (κ2) is 8.48. The molecule has 0 radical (unpaired) electrons. The maximum atomic E-state index is 12.3. The number of aromatic nitrogens is 1. The van der Waals surface area contributed by atoms with Crippen molar-refractivity contribution in [2.75, 3.05) is 0 Å². The first-order valence-electron chi connectivity index (χ1n) is 9.31. The molecule has 1 saturated carbocycles. The molecule has 1 aromatic heterocycles. The average molecular weight is 382 g/mol. The van der Waals surface area contributed by atoms with Crippen molar-refractivity contribution in [3.05, 3.63) is 16.1 Å². The molecule has 26 heavy (non-hydrogen) atoms. The molecule has 1 fully saturated rings. The Morgan fingerprint density at radius 2 is 2.04 bits per heavy atom. The molecular formula is C19H31N3O3S. The van der Waals surface area contributed by atoms with E-state index in [1.807, 2.05) is 40.0 Å². The van der Waals surface area contributed by atoms with Crippen LogP contribution in [0.15, 0.2) is 5.38 Å². The van der Waals surface area contributed by atoms with Gasteiger partial charge in [0.25, 0.3) is 0 Å². The number of carbonyl (C=O) groups excluding carboxylic acids is 2. The maximum Gasteiger partial charge on any atom is 0.407 e. The number of thiazole rings is 1. The van der Waals surface area contributed by atoms with Crippen LogP contribution in [0.25, 0.3) is 0 Å². The van der Waals surface area contributed by atoms with Gasteiger partial charge in [-0.2, -0.15) is 0 Å². The maximum absolute atomic E-state index is 12.3. The lowest BCUT2D eigenvalue weighted by Crippen LogP contribution is -2.43. The number of rotatable bonds is 7. The fourth-order valence-corrected chi connectivity index (χ4v) is 3.61. The molecule has 7 heteroatoms. The quantitative estimate of drug-likeness (QED) is 0.694. The fraction of sp³-hybridized carbons (Fsp3) is 0.737. The van der Waals surface area contributed by atoms with Crippen LogP contribution in [0.5, 0.6) is 0 Å². The molecule has 146 valence electrons. The largest absolute Gasteiger partial charge is 0.444 e.